The van der Waals surface area contributed by atoms with Gasteiger partial charge in [-0.3, -0.25) is 0 Å². The van der Waals surface area contributed by atoms with Gasteiger partial charge in [0, 0.05) is 17.0 Å². The molecule has 0 unspecified atom stereocenters. The number of hydrogen-bond acceptors (Lipinski definition) is 2. The molecule has 3 heteroatoms. The van der Waals surface area contributed by atoms with Crippen molar-refractivity contribution in [2.45, 2.75) is 19.7 Å². The average molecular weight is 298 g/mol. The van der Waals surface area contributed by atoms with Crippen LogP contribution in [0.4, 0.5) is 0 Å². The molecule has 3 rings (SSSR count). The van der Waals surface area contributed by atoms with Crippen LogP contribution in [0.15, 0.2) is 48.5 Å². The Hall–Kier alpha value is -2.06. The zero-order valence-electron chi connectivity index (χ0n) is 12.1. The molecule has 0 bridgehead atoms. The van der Waals surface area contributed by atoms with E-state index in [1.807, 2.05) is 56.3 Å². The molecule has 1 aromatic heterocycles. The van der Waals surface area contributed by atoms with Crippen molar-refractivity contribution in [2.24, 2.45) is 0 Å². The monoisotopic (exact) mass is 297 g/mol. The SMILES string of the molecule is Cc1ccc2cccc(Oc3ccc(CCl)cc3C)c2n1. The Morgan fingerprint density at radius 3 is 2.62 bits per heavy atom. The zero-order valence-corrected chi connectivity index (χ0v) is 12.8. The van der Waals surface area contributed by atoms with Gasteiger partial charge in [-0.1, -0.05) is 30.3 Å². The van der Waals surface area contributed by atoms with E-state index in [-0.39, 0.29) is 0 Å². The maximum absolute atomic E-state index is 6.07. The number of hydrogen-bond donors (Lipinski definition) is 0. The molecule has 0 aliphatic heterocycles. The summed E-state index contributed by atoms with van der Waals surface area (Å²) in [6.45, 7) is 4.01. The van der Waals surface area contributed by atoms with Crippen LogP contribution in [0.25, 0.3) is 10.9 Å². The molecular formula is C18H16ClNO. The first-order valence-corrected chi connectivity index (χ1v) is 7.40. The summed E-state index contributed by atoms with van der Waals surface area (Å²) in [5, 5.41) is 1.08. The van der Waals surface area contributed by atoms with Crippen molar-refractivity contribution in [3.8, 4) is 11.5 Å². The number of nitrogens with zero attached hydrogens (tertiary/aromatic N) is 1. The van der Waals surface area contributed by atoms with Crippen LogP contribution >= 0.6 is 11.6 Å². The summed E-state index contributed by atoms with van der Waals surface area (Å²) >= 11 is 5.86. The molecule has 0 saturated heterocycles. The minimum absolute atomic E-state index is 0.510. The van der Waals surface area contributed by atoms with Crippen molar-refractivity contribution in [3.63, 3.8) is 0 Å². The number of ether oxygens (including phenoxy) is 1. The van der Waals surface area contributed by atoms with Gasteiger partial charge < -0.3 is 4.74 Å². The third kappa shape index (κ3) is 2.86. The zero-order chi connectivity index (χ0) is 14.8. The van der Waals surface area contributed by atoms with Crippen molar-refractivity contribution in [2.75, 3.05) is 0 Å². The molecule has 0 radical (unpaired) electrons. The summed E-state index contributed by atoms with van der Waals surface area (Å²) in [4.78, 5) is 4.59. The van der Waals surface area contributed by atoms with E-state index in [2.05, 4.69) is 11.1 Å². The van der Waals surface area contributed by atoms with E-state index >= 15 is 0 Å². The average Bonchev–Trinajstić information content (AvgIpc) is 2.49. The molecule has 0 atom stereocenters. The molecule has 0 fully saturated rings. The maximum atomic E-state index is 6.07. The van der Waals surface area contributed by atoms with Crippen LogP contribution in [0.1, 0.15) is 16.8 Å². The van der Waals surface area contributed by atoms with E-state index in [1.165, 1.54) is 0 Å². The smallest absolute Gasteiger partial charge is 0.153 e. The molecular weight excluding hydrogens is 282 g/mol. The number of alkyl halides is 1. The van der Waals surface area contributed by atoms with Crippen LogP contribution in [0, 0.1) is 13.8 Å². The maximum Gasteiger partial charge on any atom is 0.153 e. The third-order valence-electron chi connectivity index (χ3n) is 3.44. The fourth-order valence-corrected chi connectivity index (χ4v) is 2.49. The molecule has 3 aromatic rings. The quantitative estimate of drug-likeness (QED) is 0.605. The first-order chi connectivity index (χ1) is 10.2. The van der Waals surface area contributed by atoms with Gasteiger partial charge in [0.15, 0.2) is 5.75 Å². The number of benzene rings is 2. The Morgan fingerprint density at radius 1 is 1.00 bits per heavy atom. The second kappa shape index (κ2) is 5.74. The normalized spacial score (nSPS) is 10.8. The molecule has 0 aliphatic carbocycles. The van der Waals surface area contributed by atoms with Gasteiger partial charge in [-0.2, -0.15) is 0 Å². The van der Waals surface area contributed by atoms with Gasteiger partial charge in [0.25, 0.3) is 0 Å². The molecule has 0 saturated carbocycles. The number of rotatable bonds is 3. The number of aryl methyl sites for hydroxylation is 2. The summed E-state index contributed by atoms with van der Waals surface area (Å²) in [5.41, 5.74) is 4.03. The lowest BCUT2D eigenvalue weighted by atomic mass is 10.1. The molecule has 0 N–H and O–H groups in total. The molecule has 1 heterocycles. The lowest BCUT2D eigenvalue weighted by Gasteiger charge is -2.11. The first-order valence-electron chi connectivity index (χ1n) is 6.87. The minimum atomic E-state index is 0.510. The number of halogens is 1. The summed E-state index contributed by atoms with van der Waals surface area (Å²) in [5.74, 6) is 2.12. The van der Waals surface area contributed by atoms with Crippen LogP contribution in [0.5, 0.6) is 11.5 Å². The van der Waals surface area contributed by atoms with Gasteiger partial charge >= 0.3 is 0 Å². The van der Waals surface area contributed by atoms with E-state index < -0.39 is 0 Å². The van der Waals surface area contributed by atoms with Crippen molar-refractivity contribution < 1.29 is 4.74 Å². The topological polar surface area (TPSA) is 22.1 Å². The van der Waals surface area contributed by atoms with Gasteiger partial charge in [0.1, 0.15) is 11.3 Å². The second-order valence-electron chi connectivity index (χ2n) is 5.12. The Kier molecular flexibility index (Phi) is 3.80. The number of pyridine rings is 1. The predicted molar refractivity (Wildman–Crippen MR) is 87.3 cm³/mol. The number of fused-ring (bicyclic) bond motifs is 1. The Bertz CT molecular complexity index is 798. The molecule has 2 nitrogen and oxygen atoms in total. The van der Waals surface area contributed by atoms with Crippen molar-refractivity contribution >= 4 is 22.5 Å². The number of para-hydroxylation sites is 1. The van der Waals surface area contributed by atoms with Gasteiger partial charge in [-0.15, -0.1) is 11.6 Å². The molecule has 21 heavy (non-hydrogen) atoms. The third-order valence-corrected chi connectivity index (χ3v) is 3.74. The van der Waals surface area contributed by atoms with Gasteiger partial charge in [-0.05, 0) is 43.2 Å². The summed E-state index contributed by atoms with van der Waals surface area (Å²) < 4.78 is 6.07. The van der Waals surface area contributed by atoms with E-state index in [0.717, 1.165) is 39.2 Å². The van der Waals surface area contributed by atoms with E-state index in [1.54, 1.807) is 0 Å². The van der Waals surface area contributed by atoms with Crippen LogP contribution in [-0.2, 0) is 5.88 Å². The summed E-state index contributed by atoms with van der Waals surface area (Å²) in [6, 6.07) is 16.0. The van der Waals surface area contributed by atoms with E-state index in [9.17, 15) is 0 Å². The summed E-state index contributed by atoms with van der Waals surface area (Å²) in [7, 11) is 0. The van der Waals surface area contributed by atoms with E-state index in [4.69, 9.17) is 16.3 Å². The lowest BCUT2D eigenvalue weighted by molar-refractivity contribution is 0.483. The van der Waals surface area contributed by atoms with Gasteiger partial charge in [0.05, 0.1) is 0 Å². The molecule has 2 aromatic carbocycles. The van der Waals surface area contributed by atoms with Crippen LogP contribution < -0.4 is 4.74 Å². The Morgan fingerprint density at radius 2 is 1.86 bits per heavy atom. The second-order valence-corrected chi connectivity index (χ2v) is 5.38. The highest BCUT2D eigenvalue weighted by atomic mass is 35.5. The van der Waals surface area contributed by atoms with Crippen molar-refractivity contribution in [3.05, 3.63) is 65.4 Å². The van der Waals surface area contributed by atoms with Crippen LogP contribution in [0.3, 0.4) is 0 Å². The number of aromatic nitrogens is 1. The van der Waals surface area contributed by atoms with Crippen molar-refractivity contribution in [1.82, 2.24) is 4.98 Å². The predicted octanol–water partition coefficient (Wildman–Crippen LogP) is 5.38. The fraction of sp³-hybridized carbons (Fsp3) is 0.167. The molecule has 0 amide bonds. The largest absolute Gasteiger partial charge is 0.455 e. The minimum Gasteiger partial charge on any atom is -0.455 e. The van der Waals surface area contributed by atoms with Crippen molar-refractivity contribution in [1.29, 1.82) is 0 Å². The molecule has 106 valence electrons. The Labute approximate surface area is 129 Å². The van der Waals surface area contributed by atoms with Gasteiger partial charge in [0.2, 0.25) is 0 Å². The molecule has 0 aliphatic rings. The van der Waals surface area contributed by atoms with E-state index in [0.29, 0.717) is 5.88 Å². The molecule has 0 spiro atoms. The van der Waals surface area contributed by atoms with Crippen LogP contribution in [0.2, 0.25) is 0 Å². The van der Waals surface area contributed by atoms with Crippen LogP contribution in [-0.4, -0.2) is 4.98 Å². The summed E-state index contributed by atoms with van der Waals surface area (Å²) in [6.07, 6.45) is 0. The first kappa shape index (κ1) is 13.9. The standard InChI is InChI=1S/C18H16ClNO/c1-12-10-14(11-19)7-9-16(12)21-17-5-3-4-15-8-6-13(2)20-18(15)17/h3-10H,11H2,1-2H3. The Balaban J connectivity index is 2.04. The van der Waals surface area contributed by atoms with Gasteiger partial charge in [-0.25, -0.2) is 4.98 Å². The highest BCUT2D eigenvalue weighted by Crippen LogP contribution is 2.31. The lowest BCUT2D eigenvalue weighted by Crippen LogP contribution is -1.92. The highest BCUT2D eigenvalue weighted by Gasteiger charge is 2.07. The highest BCUT2D eigenvalue weighted by molar-refractivity contribution is 6.17. The fourth-order valence-electron chi connectivity index (χ4n) is 2.33.